The molecule has 0 saturated carbocycles. The van der Waals surface area contributed by atoms with E-state index in [2.05, 4.69) is 20.6 Å². The first-order valence-electron chi connectivity index (χ1n) is 13.4. The summed E-state index contributed by atoms with van der Waals surface area (Å²) in [4.78, 5) is 33.8. The van der Waals surface area contributed by atoms with Crippen molar-refractivity contribution in [2.24, 2.45) is 0 Å². The standard InChI is InChI=1S/C28H28F3N7O5S/c29-28(30,31)26-36-22(21-9-7-20(8-10-21)16-34-27(40)35-17-44(41,42)43)14-24(37-26)38-13-1-2-23(38)25(39)33-12-11-18-3-5-19(15-32)6-4-18/h3-10,14,23H,1-2,11-13,16-17H2,(H,33,39)(H2,34,35,40)(H,41,42,43). The number of anilines is 1. The summed E-state index contributed by atoms with van der Waals surface area (Å²) in [5.74, 6) is -2.68. The number of rotatable bonds is 10. The number of hydrogen-bond acceptors (Lipinski definition) is 8. The van der Waals surface area contributed by atoms with Gasteiger partial charge in [0.1, 0.15) is 17.7 Å². The van der Waals surface area contributed by atoms with E-state index in [1.807, 2.05) is 11.4 Å². The molecule has 4 N–H and O–H groups in total. The van der Waals surface area contributed by atoms with Gasteiger partial charge in [0, 0.05) is 31.3 Å². The number of nitrogens with one attached hydrogen (secondary N) is 3. The van der Waals surface area contributed by atoms with E-state index in [4.69, 9.17) is 9.81 Å². The molecule has 232 valence electrons. The highest BCUT2D eigenvalue weighted by Crippen LogP contribution is 2.33. The third kappa shape index (κ3) is 8.88. The van der Waals surface area contributed by atoms with Gasteiger partial charge >= 0.3 is 12.2 Å². The van der Waals surface area contributed by atoms with Gasteiger partial charge in [-0.25, -0.2) is 14.8 Å². The molecule has 1 unspecified atom stereocenters. The Bertz CT molecular complexity index is 1640. The molecule has 3 aromatic rings. The van der Waals surface area contributed by atoms with Crippen LogP contribution in [-0.4, -0.2) is 59.9 Å². The smallest absolute Gasteiger partial charge is 0.354 e. The zero-order valence-corrected chi connectivity index (χ0v) is 24.0. The van der Waals surface area contributed by atoms with Crippen molar-refractivity contribution in [1.29, 1.82) is 5.26 Å². The van der Waals surface area contributed by atoms with E-state index in [0.29, 0.717) is 49.0 Å². The van der Waals surface area contributed by atoms with Crippen molar-refractivity contribution in [3.05, 3.63) is 77.1 Å². The van der Waals surface area contributed by atoms with Crippen LogP contribution in [-0.2, 0) is 34.1 Å². The van der Waals surface area contributed by atoms with Gasteiger partial charge in [-0.05, 0) is 42.5 Å². The number of nitriles is 1. The third-order valence-electron chi connectivity index (χ3n) is 6.73. The molecular weight excluding hydrogens is 603 g/mol. The second kappa shape index (κ2) is 13.7. The van der Waals surface area contributed by atoms with Gasteiger partial charge in [0.15, 0.2) is 0 Å². The molecule has 1 atom stereocenters. The van der Waals surface area contributed by atoms with Crippen LogP contribution in [0.25, 0.3) is 11.3 Å². The largest absolute Gasteiger partial charge is 0.451 e. The summed E-state index contributed by atoms with van der Waals surface area (Å²) in [6.07, 6.45) is -3.32. The van der Waals surface area contributed by atoms with Gasteiger partial charge in [-0.1, -0.05) is 36.4 Å². The molecular formula is C28H28F3N7O5S. The van der Waals surface area contributed by atoms with Crippen LogP contribution < -0.4 is 20.9 Å². The van der Waals surface area contributed by atoms with Crippen LogP contribution in [0.15, 0.2) is 54.6 Å². The zero-order valence-electron chi connectivity index (χ0n) is 23.1. The summed E-state index contributed by atoms with van der Waals surface area (Å²) in [5.41, 5.74) is 2.32. The number of carbonyl (C=O) groups excluding carboxylic acids is 2. The second-order valence-corrected chi connectivity index (χ2v) is 11.4. The fraction of sp³-hybridized carbons (Fsp3) is 0.321. The number of amides is 3. The van der Waals surface area contributed by atoms with E-state index in [1.165, 1.54) is 18.2 Å². The molecule has 1 saturated heterocycles. The van der Waals surface area contributed by atoms with Crippen LogP contribution in [0.1, 0.15) is 35.4 Å². The predicted molar refractivity (Wildman–Crippen MR) is 152 cm³/mol. The minimum atomic E-state index is -4.84. The lowest BCUT2D eigenvalue weighted by atomic mass is 10.1. The number of nitrogens with zero attached hydrogens (tertiary/aromatic N) is 4. The molecule has 12 nitrogen and oxygen atoms in total. The minimum Gasteiger partial charge on any atom is -0.354 e. The Kier molecular flexibility index (Phi) is 10.0. The Morgan fingerprint density at radius 3 is 2.34 bits per heavy atom. The molecule has 2 heterocycles. The highest BCUT2D eigenvalue weighted by atomic mass is 32.2. The number of halogens is 3. The van der Waals surface area contributed by atoms with E-state index in [-0.39, 0.29) is 24.0 Å². The number of urea groups is 1. The van der Waals surface area contributed by atoms with Gasteiger partial charge < -0.3 is 20.9 Å². The highest BCUT2D eigenvalue weighted by Gasteiger charge is 2.38. The van der Waals surface area contributed by atoms with E-state index in [1.54, 1.807) is 41.3 Å². The molecule has 4 rings (SSSR count). The average Bonchev–Trinajstić information content (AvgIpc) is 3.49. The Balaban J connectivity index is 1.46. The number of carbonyl (C=O) groups is 2. The van der Waals surface area contributed by atoms with Crippen molar-refractivity contribution in [2.45, 2.75) is 38.0 Å². The summed E-state index contributed by atoms with van der Waals surface area (Å²) in [6, 6.07) is 14.9. The van der Waals surface area contributed by atoms with Gasteiger partial charge in [-0.15, -0.1) is 0 Å². The lowest BCUT2D eigenvalue weighted by Crippen LogP contribution is -2.44. The molecule has 1 aliphatic rings. The molecule has 0 aliphatic carbocycles. The van der Waals surface area contributed by atoms with E-state index in [0.717, 1.165) is 5.56 Å². The predicted octanol–water partition coefficient (Wildman–Crippen LogP) is 3.01. The lowest BCUT2D eigenvalue weighted by Gasteiger charge is -2.26. The summed E-state index contributed by atoms with van der Waals surface area (Å²) >= 11 is 0. The first kappa shape index (κ1) is 32.2. The maximum absolute atomic E-state index is 13.8. The van der Waals surface area contributed by atoms with Crippen LogP contribution in [0.4, 0.5) is 23.8 Å². The van der Waals surface area contributed by atoms with Gasteiger partial charge in [0.25, 0.3) is 10.1 Å². The van der Waals surface area contributed by atoms with Crippen LogP contribution in [0, 0.1) is 11.3 Å². The first-order chi connectivity index (χ1) is 20.8. The number of benzene rings is 2. The second-order valence-electron chi connectivity index (χ2n) is 9.92. The van der Waals surface area contributed by atoms with Gasteiger partial charge in [-0.2, -0.15) is 26.9 Å². The maximum Gasteiger partial charge on any atom is 0.451 e. The molecule has 2 aromatic carbocycles. The van der Waals surface area contributed by atoms with Crippen molar-refractivity contribution >= 4 is 27.9 Å². The first-order valence-corrected chi connectivity index (χ1v) is 15.0. The molecule has 16 heteroatoms. The quantitative estimate of drug-likeness (QED) is 0.245. The molecule has 1 aliphatic heterocycles. The zero-order chi connectivity index (χ0) is 31.9. The van der Waals surface area contributed by atoms with Crippen molar-refractivity contribution in [2.75, 3.05) is 23.9 Å². The molecule has 1 fully saturated rings. The molecule has 0 spiro atoms. The van der Waals surface area contributed by atoms with Gasteiger partial charge in [-0.3, -0.25) is 9.35 Å². The Morgan fingerprint density at radius 1 is 1.02 bits per heavy atom. The monoisotopic (exact) mass is 631 g/mol. The molecule has 44 heavy (non-hydrogen) atoms. The van der Waals surface area contributed by atoms with Crippen LogP contribution in [0.2, 0.25) is 0 Å². The normalized spacial score (nSPS) is 15.0. The Hall–Kier alpha value is -4.75. The van der Waals surface area contributed by atoms with E-state index in [9.17, 15) is 31.2 Å². The number of hydrogen-bond donors (Lipinski definition) is 4. The number of aromatic nitrogens is 2. The van der Waals surface area contributed by atoms with Crippen LogP contribution in [0.3, 0.4) is 0 Å². The fourth-order valence-corrected chi connectivity index (χ4v) is 4.87. The van der Waals surface area contributed by atoms with Crippen molar-refractivity contribution in [1.82, 2.24) is 25.9 Å². The SMILES string of the molecule is N#Cc1ccc(CCNC(=O)C2CCCN2c2cc(-c3ccc(CNC(=O)NCS(=O)(=O)O)cc3)nc(C(F)(F)F)n2)cc1. The summed E-state index contributed by atoms with van der Waals surface area (Å²) < 4.78 is 71.6. The molecule has 3 amide bonds. The van der Waals surface area contributed by atoms with Gasteiger partial charge in [0.2, 0.25) is 11.7 Å². The topological polar surface area (TPSA) is 177 Å². The van der Waals surface area contributed by atoms with Gasteiger partial charge in [0.05, 0.1) is 17.3 Å². The summed E-state index contributed by atoms with van der Waals surface area (Å²) in [7, 11) is -4.39. The van der Waals surface area contributed by atoms with Crippen molar-refractivity contribution in [3.63, 3.8) is 0 Å². The Morgan fingerprint density at radius 2 is 1.70 bits per heavy atom. The maximum atomic E-state index is 13.8. The summed E-state index contributed by atoms with van der Waals surface area (Å²) in [5, 5.41) is 16.1. The highest BCUT2D eigenvalue weighted by molar-refractivity contribution is 7.85. The summed E-state index contributed by atoms with van der Waals surface area (Å²) in [6.45, 7) is 0.600. The molecule has 0 bridgehead atoms. The average molecular weight is 632 g/mol. The van der Waals surface area contributed by atoms with Crippen molar-refractivity contribution in [3.8, 4) is 17.3 Å². The minimum absolute atomic E-state index is 0.0143. The lowest BCUT2D eigenvalue weighted by molar-refractivity contribution is -0.144. The molecule has 1 aromatic heterocycles. The van der Waals surface area contributed by atoms with E-state index < -0.39 is 40.1 Å². The Labute approximate surface area is 251 Å². The third-order valence-corrected chi connectivity index (χ3v) is 7.24. The van der Waals surface area contributed by atoms with E-state index >= 15 is 0 Å². The van der Waals surface area contributed by atoms with Crippen LogP contribution >= 0.6 is 0 Å². The van der Waals surface area contributed by atoms with Crippen molar-refractivity contribution < 1.29 is 35.7 Å². The fourth-order valence-electron chi connectivity index (χ4n) is 4.56. The van der Waals surface area contributed by atoms with Crippen LogP contribution in [0.5, 0.6) is 0 Å². The number of alkyl halides is 3. The molecule has 0 radical (unpaired) electrons.